The van der Waals surface area contributed by atoms with E-state index in [2.05, 4.69) is 21.0 Å². The quantitative estimate of drug-likeness (QED) is 0.464. The third kappa shape index (κ3) is 4.06. The zero-order valence-electron chi connectivity index (χ0n) is 20.9. The smallest absolute Gasteiger partial charge is 0.270 e. The number of anilines is 2. The molecule has 2 atom stereocenters. The lowest BCUT2D eigenvalue weighted by Crippen LogP contribution is -2.47. The standard InChI is InChI=1S/C28H28ClN5O4/c1-34-22(9-12-30-34)25(35)33-24(18-7-5-16-3-2-4-20(29)23(16)18)26(36)31-17-6-8-19-21(15-17)32-27(37)28(19)10-13-38-14-11-28/h2-4,6,8-9,12,15,18,24H,5,7,10-11,13-14H2,1H3,(H,31,36)(H,32,37)(H,33,35). The predicted octanol–water partition coefficient (Wildman–Crippen LogP) is 3.54. The molecule has 196 valence electrons. The van der Waals surface area contributed by atoms with Crippen LogP contribution >= 0.6 is 11.6 Å². The molecule has 9 nitrogen and oxygen atoms in total. The molecule has 3 N–H and O–H groups in total. The zero-order chi connectivity index (χ0) is 26.4. The summed E-state index contributed by atoms with van der Waals surface area (Å²) in [5, 5.41) is 13.6. The van der Waals surface area contributed by atoms with Gasteiger partial charge >= 0.3 is 0 Å². The summed E-state index contributed by atoms with van der Waals surface area (Å²) in [5.41, 5.74) is 3.90. The number of hydrogen-bond donors (Lipinski definition) is 3. The Morgan fingerprint density at radius 3 is 2.79 bits per heavy atom. The van der Waals surface area contributed by atoms with E-state index in [1.165, 1.54) is 10.9 Å². The fourth-order valence-electron chi connectivity index (χ4n) is 6.11. The van der Waals surface area contributed by atoms with E-state index in [9.17, 15) is 14.4 Å². The summed E-state index contributed by atoms with van der Waals surface area (Å²) in [7, 11) is 1.68. The van der Waals surface area contributed by atoms with Gasteiger partial charge in [0.1, 0.15) is 11.7 Å². The first-order chi connectivity index (χ1) is 18.4. The minimum atomic E-state index is -0.872. The van der Waals surface area contributed by atoms with Crippen molar-refractivity contribution in [3.05, 3.63) is 76.1 Å². The molecule has 3 amide bonds. The number of benzene rings is 2. The van der Waals surface area contributed by atoms with Gasteiger partial charge in [-0.1, -0.05) is 29.8 Å². The minimum absolute atomic E-state index is 0.0298. The first-order valence-corrected chi connectivity index (χ1v) is 13.2. The monoisotopic (exact) mass is 533 g/mol. The van der Waals surface area contributed by atoms with Crippen molar-refractivity contribution in [3.63, 3.8) is 0 Å². The SMILES string of the molecule is Cn1nccc1C(=O)NC(C(=O)Nc1ccc2c(c1)NC(=O)C21CCOCC1)C1CCc2cccc(Cl)c21. The van der Waals surface area contributed by atoms with Gasteiger partial charge in [-0.15, -0.1) is 0 Å². The lowest BCUT2D eigenvalue weighted by atomic mass is 9.75. The number of rotatable bonds is 5. The lowest BCUT2D eigenvalue weighted by molar-refractivity contribution is -0.124. The van der Waals surface area contributed by atoms with Gasteiger partial charge in [-0.25, -0.2) is 0 Å². The van der Waals surface area contributed by atoms with Crippen LogP contribution in [0.3, 0.4) is 0 Å². The number of fused-ring (bicyclic) bond motifs is 3. The lowest BCUT2D eigenvalue weighted by Gasteiger charge is -2.31. The Kier molecular flexibility index (Phi) is 6.20. The molecule has 3 aliphatic rings. The first-order valence-electron chi connectivity index (χ1n) is 12.8. The van der Waals surface area contributed by atoms with Gasteiger partial charge in [-0.3, -0.25) is 19.1 Å². The summed E-state index contributed by atoms with van der Waals surface area (Å²) in [4.78, 5) is 39.9. The van der Waals surface area contributed by atoms with Crippen LogP contribution in [0.2, 0.25) is 5.02 Å². The summed E-state index contributed by atoms with van der Waals surface area (Å²) in [6, 6.07) is 11.9. The van der Waals surface area contributed by atoms with Crippen LogP contribution < -0.4 is 16.0 Å². The average Bonchev–Trinajstić information content (AvgIpc) is 3.60. The highest BCUT2D eigenvalue weighted by atomic mass is 35.5. The van der Waals surface area contributed by atoms with Crippen molar-refractivity contribution in [2.45, 2.75) is 43.1 Å². The van der Waals surface area contributed by atoms with Gasteiger partial charge < -0.3 is 20.7 Å². The molecule has 10 heteroatoms. The molecule has 1 aromatic heterocycles. The topological polar surface area (TPSA) is 114 Å². The first kappa shape index (κ1) is 24.6. The van der Waals surface area contributed by atoms with Crippen LogP contribution in [0.25, 0.3) is 0 Å². The molecular weight excluding hydrogens is 506 g/mol. The van der Waals surface area contributed by atoms with E-state index in [-0.39, 0.29) is 17.7 Å². The third-order valence-corrected chi connectivity index (χ3v) is 8.43. The van der Waals surface area contributed by atoms with E-state index >= 15 is 0 Å². The second-order valence-electron chi connectivity index (χ2n) is 10.1. The highest BCUT2D eigenvalue weighted by molar-refractivity contribution is 6.31. The van der Waals surface area contributed by atoms with E-state index in [0.717, 1.165) is 23.1 Å². The second kappa shape index (κ2) is 9.56. The molecule has 38 heavy (non-hydrogen) atoms. The molecule has 1 spiro atoms. The van der Waals surface area contributed by atoms with Crippen molar-refractivity contribution in [1.82, 2.24) is 15.1 Å². The maximum Gasteiger partial charge on any atom is 0.270 e. The Hall–Kier alpha value is -3.69. The summed E-state index contributed by atoms with van der Waals surface area (Å²) in [5.74, 6) is -1.08. The van der Waals surface area contributed by atoms with Crippen LogP contribution in [0.15, 0.2) is 48.7 Å². The van der Waals surface area contributed by atoms with Crippen molar-refractivity contribution in [3.8, 4) is 0 Å². The maximum atomic E-state index is 13.8. The molecule has 0 bridgehead atoms. The zero-order valence-corrected chi connectivity index (χ0v) is 21.7. The number of nitrogens with one attached hydrogen (secondary N) is 3. The van der Waals surface area contributed by atoms with Crippen molar-refractivity contribution < 1.29 is 19.1 Å². The van der Waals surface area contributed by atoms with Crippen LogP contribution in [-0.2, 0) is 33.2 Å². The molecule has 3 aromatic rings. The van der Waals surface area contributed by atoms with E-state index < -0.39 is 17.4 Å². The molecular formula is C28H28ClN5O4. The van der Waals surface area contributed by atoms with Crippen molar-refractivity contribution >= 4 is 40.7 Å². The normalized spacial score (nSPS) is 19.9. The minimum Gasteiger partial charge on any atom is -0.381 e. The number of amides is 3. The number of carbonyl (C=O) groups excluding carboxylic acids is 3. The number of nitrogens with zero attached hydrogens (tertiary/aromatic N) is 2. The fourth-order valence-corrected chi connectivity index (χ4v) is 6.44. The van der Waals surface area contributed by atoms with Gasteiger partial charge in [-0.05, 0) is 66.6 Å². The number of aryl methyl sites for hydroxylation is 2. The number of ether oxygens (including phenoxy) is 1. The van der Waals surface area contributed by atoms with E-state index in [0.29, 0.717) is 54.6 Å². The van der Waals surface area contributed by atoms with Gasteiger partial charge in [0.25, 0.3) is 5.91 Å². The van der Waals surface area contributed by atoms with E-state index in [1.54, 1.807) is 19.2 Å². The van der Waals surface area contributed by atoms with E-state index in [4.69, 9.17) is 16.3 Å². The molecule has 0 radical (unpaired) electrons. The molecule has 1 aliphatic carbocycles. The van der Waals surface area contributed by atoms with Gasteiger partial charge in [-0.2, -0.15) is 5.10 Å². The average molecular weight is 534 g/mol. The van der Waals surface area contributed by atoms with Crippen molar-refractivity contribution in [1.29, 1.82) is 0 Å². The molecule has 1 fully saturated rings. The summed E-state index contributed by atoms with van der Waals surface area (Å²) in [6.45, 7) is 1.07. The van der Waals surface area contributed by atoms with Crippen LogP contribution in [0, 0.1) is 0 Å². The largest absolute Gasteiger partial charge is 0.381 e. The summed E-state index contributed by atoms with van der Waals surface area (Å²) in [6.07, 6.45) is 4.23. The van der Waals surface area contributed by atoms with Crippen LogP contribution in [-0.4, -0.2) is 46.8 Å². The van der Waals surface area contributed by atoms with E-state index in [1.807, 2.05) is 30.3 Å². The predicted molar refractivity (Wildman–Crippen MR) is 142 cm³/mol. The van der Waals surface area contributed by atoms with Gasteiger partial charge in [0, 0.05) is 48.8 Å². The maximum absolute atomic E-state index is 13.8. The number of aromatic nitrogens is 2. The molecule has 2 unspecified atom stereocenters. The van der Waals surface area contributed by atoms with Crippen LogP contribution in [0.4, 0.5) is 11.4 Å². The Labute approximate surface area is 224 Å². The molecule has 2 aliphatic heterocycles. The highest BCUT2D eigenvalue weighted by Crippen LogP contribution is 2.45. The summed E-state index contributed by atoms with van der Waals surface area (Å²) >= 11 is 6.58. The van der Waals surface area contributed by atoms with Gasteiger partial charge in [0.15, 0.2) is 0 Å². The van der Waals surface area contributed by atoms with Crippen LogP contribution in [0.1, 0.15) is 52.4 Å². The van der Waals surface area contributed by atoms with Gasteiger partial charge in [0.2, 0.25) is 11.8 Å². The van der Waals surface area contributed by atoms with Crippen molar-refractivity contribution in [2.24, 2.45) is 7.05 Å². The fraction of sp³-hybridized carbons (Fsp3) is 0.357. The number of halogens is 1. The third-order valence-electron chi connectivity index (χ3n) is 8.10. The Bertz CT molecular complexity index is 1440. The molecule has 1 saturated heterocycles. The molecule has 6 rings (SSSR count). The highest BCUT2D eigenvalue weighted by Gasteiger charge is 2.47. The molecule has 0 saturated carbocycles. The van der Waals surface area contributed by atoms with Crippen LogP contribution in [0.5, 0.6) is 0 Å². The van der Waals surface area contributed by atoms with Crippen molar-refractivity contribution in [2.75, 3.05) is 23.8 Å². The number of hydrogen-bond acceptors (Lipinski definition) is 5. The number of carbonyl (C=O) groups is 3. The molecule has 2 aromatic carbocycles. The Morgan fingerprint density at radius 2 is 2.03 bits per heavy atom. The van der Waals surface area contributed by atoms with Gasteiger partial charge in [0.05, 0.1) is 5.41 Å². The Morgan fingerprint density at radius 1 is 1.21 bits per heavy atom. The Balaban J connectivity index is 1.29. The summed E-state index contributed by atoms with van der Waals surface area (Å²) < 4.78 is 6.95. The molecule has 3 heterocycles. The second-order valence-corrected chi connectivity index (χ2v) is 10.6.